The number of fused-ring (bicyclic) bond motifs is 7. The Morgan fingerprint density at radius 3 is 1.59 bits per heavy atom. The zero-order valence-electron chi connectivity index (χ0n) is 24.6. The van der Waals surface area contributed by atoms with Crippen LogP contribution in [0.2, 0.25) is 0 Å². The van der Waals surface area contributed by atoms with Crippen molar-refractivity contribution in [2.75, 3.05) is 13.2 Å². The smallest absolute Gasteiger partial charge is 0.257 e. The largest absolute Gasteiger partial charge is 0.351 e. The number of carbonyl (C=O) groups is 2. The molecule has 2 unspecified atom stereocenters. The highest BCUT2D eigenvalue weighted by molar-refractivity contribution is 6.04. The van der Waals surface area contributed by atoms with Gasteiger partial charge in [-0.15, -0.1) is 0 Å². The molecule has 5 aromatic carbocycles. The van der Waals surface area contributed by atoms with Crippen LogP contribution in [0.1, 0.15) is 69.3 Å². The molecule has 9 rings (SSSR count). The van der Waals surface area contributed by atoms with E-state index in [1.54, 1.807) is 0 Å². The maximum absolute atomic E-state index is 13.2. The molecule has 0 radical (unpaired) electrons. The summed E-state index contributed by atoms with van der Waals surface area (Å²) in [7, 11) is 0. The van der Waals surface area contributed by atoms with Crippen molar-refractivity contribution in [3.8, 4) is 0 Å². The van der Waals surface area contributed by atoms with E-state index in [0.717, 1.165) is 44.2 Å². The summed E-state index contributed by atoms with van der Waals surface area (Å²) in [6, 6.07) is 40.1. The van der Waals surface area contributed by atoms with E-state index in [-0.39, 0.29) is 29.8 Å². The molecule has 4 aliphatic rings. The first kappa shape index (κ1) is 26.8. The van der Waals surface area contributed by atoms with Crippen LogP contribution in [0.3, 0.4) is 0 Å². The molecule has 218 valence electrons. The van der Waals surface area contributed by atoms with Gasteiger partial charge in [0.05, 0.1) is 24.3 Å². The molecular formula is C38H32N2O4. The minimum absolute atomic E-state index is 0.0598. The first-order valence-electron chi connectivity index (χ1n) is 15.0. The molecule has 44 heavy (non-hydrogen) atoms. The van der Waals surface area contributed by atoms with E-state index < -0.39 is 5.54 Å². The van der Waals surface area contributed by atoms with Crippen molar-refractivity contribution in [2.24, 2.45) is 0 Å². The topological polar surface area (TPSA) is 59.1 Å². The maximum atomic E-state index is 13.2. The molecule has 4 aliphatic heterocycles. The number of rotatable bonds is 2. The Bertz CT molecular complexity index is 1930. The van der Waals surface area contributed by atoms with Crippen molar-refractivity contribution in [2.45, 2.75) is 37.4 Å². The third kappa shape index (κ3) is 3.81. The molecule has 0 bridgehead atoms. The van der Waals surface area contributed by atoms with Gasteiger partial charge in [0.2, 0.25) is 0 Å². The molecule has 2 saturated heterocycles. The second-order valence-electron chi connectivity index (χ2n) is 12.3. The normalized spacial score (nSPS) is 26.2. The standard InChI is InChI=1S/C21H17NO2.C17H15NO2/c1-21-13-24-20(14-7-3-2-4-8-14)22(21)19(23)17-11-15-9-5-6-10-16(15)12-18(17)21;1-17-11-20-16(12-7-3-2-4-8-12)18(17)15(19)13-9-5-6-10-14(13)17/h2-12,20H,13H2,1H3;2-10,16H,11H2,1H3/t20?,21-;16?,17-/m00/s1. The Hall–Kier alpha value is -4.78. The van der Waals surface area contributed by atoms with Gasteiger partial charge in [-0.2, -0.15) is 0 Å². The van der Waals surface area contributed by atoms with Gasteiger partial charge in [0.1, 0.15) is 0 Å². The van der Waals surface area contributed by atoms with Crippen LogP contribution in [-0.2, 0) is 20.6 Å². The Morgan fingerprint density at radius 2 is 1.00 bits per heavy atom. The van der Waals surface area contributed by atoms with Crippen LogP contribution in [0.25, 0.3) is 10.8 Å². The van der Waals surface area contributed by atoms with Crippen LogP contribution < -0.4 is 0 Å². The molecule has 6 heteroatoms. The fourth-order valence-electron chi connectivity index (χ4n) is 7.35. The van der Waals surface area contributed by atoms with E-state index in [4.69, 9.17) is 9.47 Å². The van der Waals surface area contributed by atoms with Gasteiger partial charge in [0, 0.05) is 22.3 Å². The minimum Gasteiger partial charge on any atom is -0.351 e. The lowest BCUT2D eigenvalue weighted by molar-refractivity contribution is 0.0222. The van der Waals surface area contributed by atoms with Gasteiger partial charge < -0.3 is 9.47 Å². The van der Waals surface area contributed by atoms with Gasteiger partial charge in [-0.3, -0.25) is 19.4 Å². The highest BCUT2D eigenvalue weighted by Gasteiger charge is 2.56. The van der Waals surface area contributed by atoms with Crippen molar-refractivity contribution in [3.63, 3.8) is 0 Å². The Morgan fingerprint density at radius 1 is 0.545 bits per heavy atom. The molecule has 0 N–H and O–H groups in total. The molecule has 0 saturated carbocycles. The first-order valence-corrected chi connectivity index (χ1v) is 15.0. The summed E-state index contributed by atoms with van der Waals surface area (Å²) < 4.78 is 12.0. The number of carbonyl (C=O) groups excluding carboxylic acids is 2. The van der Waals surface area contributed by atoms with Crippen molar-refractivity contribution >= 4 is 22.6 Å². The van der Waals surface area contributed by atoms with Crippen LogP contribution in [0.15, 0.2) is 121 Å². The summed E-state index contributed by atoms with van der Waals surface area (Å²) in [5.74, 6) is 0.124. The molecule has 0 spiro atoms. The third-order valence-electron chi connectivity index (χ3n) is 9.62. The van der Waals surface area contributed by atoms with E-state index in [1.165, 1.54) is 0 Å². The van der Waals surface area contributed by atoms with Gasteiger partial charge in [0.25, 0.3) is 11.8 Å². The molecule has 0 aliphatic carbocycles. The average molecular weight is 581 g/mol. The lowest BCUT2D eigenvalue weighted by Gasteiger charge is -2.30. The zero-order valence-corrected chi connectivity index (χ0v) is 24.6. The predicted octanol–water partition coefficient (Wildman–Crippen LogP) is 7.33. The highest BCUT2D eigenvalue weighted by Crippen LogP contribution is 2.51. The van der Waals surface area contributed by atoms with E-state index in [2.05, 4.69) is 32.0 Å². The molecular weight excluding hydrogens is 548 g/mol. The molecule has 5 aromatic rings. The van der Waals surface area contributed by atoms with Gasteiger partial charge in [-0.25, -0.2) is 0 Å². The van der Waals surface area contributed by atoms with Crippen LogP contribution in [0.5, 0.6) is 0 Å². The SMILES string of the molecule is C[C@@]12COC(c3ccccc3)N1C(=O)c1cc3ccccc3cc12.C[C@@]12COC(c3ccccc3)N1C(=O)c1ccccc12. The fourth-order valence-corrected chi connectivity index (χ4v) is 7.35. The molecule has 2 fully saturated rings. The highest BCUT2D eigenvalue weighted by atomic mass is 16.5. The van der Waals surface area contributed by atoms with E-state index >= 15 is 0 Å². The summed E-state index contributed by atoms with van der Waals surface area (Å²) in [5.41, 5.74) is 5.04. The van der Waals surface area contributed by atoms with Gasteiger partial charge in [-0.05, 0) is 53.9 Å². The first-order chi connectivity index (χ1) is 21.4. The molecule has 4 atom stereocenters. The van der Waals surface area contributed by atoms with E-state index in [0.29, 0.717) is 13.2 Å². The van der Waals surface area contributed by atoms with Gasteiger partial charge in [-0.1, -0.05) is 103 Å². The van der Waals surface area contributed by atoms with E-state index in [9.17, 15) is 9.59 Å². The summed E-state index contributed by atoms with van der Waals surface area (Å²) in [6.07, 6.45) is -0.611. The number of hydrogen-bond donors (Lipinski definition) is 0. The molecule has 6 nitrogen and oxygen atoms in total. The monoisotopic (exact) mass is 580 g/mol. The number of hydrogen-bond acceptors (Lipinski definition) is 4. The minimum atomic E-state index is -0.406. The number of nitrogens with zero attached hydrogens (tertiary/aromatic N) is 2. The van der Waals surface area contributed by atoms with Gasteiger partial charge in [0.15, 0.2) is 12.5 Å². The summed E-state index contributed by atoms with van der Waals surface area (Å²) in [6.45, 7) is 5.24. The van der Waals surface area contributed by atoms with E-state index in [1.807, 2.05) is 113 Å². The van der Waals surface area contributed by atoms with Crippen LogP contribution in [0, 0.1) is 0 Å². The molecule has 2 amide bonds. The average Bonchev–Trinajstić information content (AvgIpc) is 3.74. The van der Waals surface area contributed by atoms with Gasteiger partial charge >= 0.3 is 0 Å². The van der Waals surface area contributed by atoms with Crippen molar-refractivity contribution in [1.82, 2.24) is 9.80 Å². The quantitative estimate of drug-likeness (QED) is 0.219. The van der Waals surface area contributed by atoms with Crippen LogP contribution in [0.4, 0.5) is 0 Å². The predicted molar refractivity (Wildman–Crippen MR) is 168 cm³/mol. The number of amides is 2. The second kappa shape index (κ2) is 9.88. The Labute approximate surface area is 256 Å². The Kier molecular flexibility index (Phi) is 6.02. The summed E-state index contributed by atoms with van der Waals surface area (Å²) in [5, 5.41) is 2.27. The lowest BCUT2D eigenvalue weighted by atomic mass is 9.90. The van der Waals surface area contributed by atoms with Crippen LogP contribution in [-0.4, -0.2) is 34.8 Å². The fraction of sp³-hybridized carbons (Fsp3) is 0.211. The summed E-state index contributed by atoms with van der Waals surface area (Å²) >= 11 is 0. The van der Waals surface area contributed by atoms with Crippen molar-refractivity contribution in [3.05, 3.63) is 155 Å². The zero-order chi connectivity index (χ0) is 30.1. The summed E-state index contributed by atoms with van der Waals surface area (Å²) in [4.78, 5) is 29.7. The second-order valence-corrected chi connectivity index (χ2v) is 12.3. The lowest BCUT2D eigenvalue weighted by Crippen LogP contribution is -2.38. The molecule has 0 aromatic heterocycles. The third-order valence-corrected chi connectivity index (χ3v) is 9.62. The number of ether oxygens (including phenoxy) is 2. The number of benzene rings is 5. The molecule has 4 heterocycles. The Balaban J connectivity index is 0.000000134. The van der Waals surface area contributed by atoms with Crippen LogP contribution >= 0.6 is 0 Å². The van der Waals surface area contributed by atoms with Crippen molar-refractivity contribution in [1.29, 1.82) is 0 Å². The maximum Gasteiger partial charge on any atom is 0.257 e. The van der Waals surface area contributed by atoms with Crippen molar-refractivity contribution < 1.29 is 19.1 Å².